The third-order valence-corrected chi connectivity index (χ3v) is 3.71. The van der Waals surface area contributed by atoms with Gasteiger partial charge in [-0.2, -0.15) is 0 Å². The van der Waals surface area contributed by atoms with Crippen LogP contribution in [0.2, 0.25) is 0 Å². The van der Waals surface area contributed by atoms with Crippen LogP contribution in [-0.2, 0) is 0 Å². The van der Waals surface area contributed by atoms with Crippen molar-refractivity contribution < 1.29 is 0 Å². The van der Waals surface area contributed by atoms with Gasteiger partial charge in [0.2, 0.25) is 0 Å². The van der Waals surface area contributed by atoms with E-state index in [1.54, 1.807) is 0 Å². The quantitative estimate of drug-likeness (QED) is 0.713. The van der Waals surface area contributed by atoms with Crippen molar-refractivity contribution >= 4 is 0 Å². The second kappa shape index (κ2) is 3.97. The van der Waals surface area contributed by atoms with Gasteiger partial charge in [0.1, 0.15) is 0 Å². The van der Waals surface area contributed by atoms with Gasteiger partial charge in [-0.15, -0.1) is 0 Å². The van der Waals surface area contributed by atoms with E-state index in [0.29, 0.717) is 0 Å². The lowest BCUT2D eigenvalue weighted by Crippen LogP contribution is -2.41. The lowest BCUT2D eigenvalue weighted by Gasteiger charge is -2.30. The van der Waals surface area contributed by atoms with Crippen molar-refractivity contribution in [2.24, 2.45) is 0 Å². The maximum atomic E-state index is 3.77. The number of hydrogen-bond donors (Lipinski definition) is 1. The summed E-state index contributed by atoms with van der Waals surface area (Å²) in [4.78, 5) is 2.38. The topological polar surface area (TPSA) is 15.3 Å². The lowest BCUT2D eigenvalue weighted by molar-refractivity contribution is 0.273. The Kier molecular flexibility index (Phi) is 2.89. The molecule has 76 valence electrons. The third-order valence-electron chi connectivity index (χ3n) is 3.71. The maximum Gasteiger partial charge on any atom is 0.0105 e. The van der Waals surface area contributed by atoms with E-state index in [9.17, 15) is 0 Å². The van der Waals surface area contributed by atoms with Crippen LogP contribution in [0.15, 0.2) is 0 Å². The van der Waals surface area contributed by atoms with Gasteiger partial charge in [-0.3, -0.25) is 0 Å². The van der Waals surface area contributed by atoms with E-state index in [1.165, 1.54) is 38.5 Å². The van der Waals surface area contributed by atoms with Gasteiger partial charge in [0, 0.05) is 18.1 Å². The number of nitrogens with one attached hydrogen (secondary N) is 1. The lowest BCUT2D eigenvalue weighted by atomic mass is 9.92. The highest BCUT2D eigenvalue weighted by Crippen LogP contribution is 2.26. The molecule has 2 aliphatic carbocycles. The van der Waals surface area contributed by atoms with Crippen LogP contribution in [0.1, 0.15) is 38.5 Å². The molecule has 0 bridgehead atoms. The molecular weight excluding hydrogens is 160 g/mol. The summed E-state index contributed by atoms with van der Waals surface area (Å²) in [5.74, 6) is 0. The Bertz CT molecular complexity index is 163. The normalized spacial score (nSPS) is 35.3. The Morgan fingerprint density at radius 3 is 2.23 bits per heavy atom. The fourth-order valence-corrected chi connectivity index (χ4v) is 2.49. The van der Waals surface area contributed by atoms with E-state index in [4.69, 9.17) is 0 Å². The van der Waals surface area contributed by atoms with E-state index in [0.717, 1.165) is 18.1 Å². The van der Waals surface area contributed by atoms with Crippen LogP contribution in [0.4, 0.5) is 0 Å². The summed E-state index contributed by atoms with van der Waals surface area (Å²) in [6, 6.07) is 2.51. The second-order valence-electron chi connectivity index (χ2n) is 4.92. The van der Waals surface area contributed by atoms with Crippen molar-refractivity contribution in [2.75, 3.05) is 14.1 Å². The predicted molar refractivity (Wildman–Crippen MR) is 55.9 cm³/mol. The van der Waals surface area contributed by atoms with Crippen LogP contribution in [0, 0.1) is 0 Å². The molecule has 2 atom stereocenters. The summed E-state index contributed by atoms with van der Waals surface area (Å²) in [5.41, 5.74) is 0. The SMILES string of the molecule is CN(C)C1CCC(NC2CCC2)C1. The molecule has 1 N–H and O–H groups in total. The van der Waals surface area contributed by atoms with Gasteiger partial charge in [-0.25, -0.2) is 0 Å². The predicted octanol–water partition coefficient (Wildman–Crippen LogP) is 1.61. The first-order chi connectivity index (χ1) is 6.25. The average molecular weight is 182 g/mol. The van der Waals surface area contributed by atoms with E-state index >= 15 is 0 Å². The zero-order valence-electron chi connectivity index (χ0n) is 8.92. The van der Waals surface area contributed by atoms with Gasteiger partial charge in [0.15, 0.2) is 0 Å². The van der Waals surface area contributed by atoms with Crippen LogP contribution in [0.3, 0.4) is 0 Å². The molecule has 0 spiro atoms. The fourth-order valence-electron chi connectivity index (χ4n) is 2.49. The molecule has 0 heterocycles. The summed E-state index contributed by atoms with van der Waals surface area (Å²) in [7, 11) is 4.41. The standard InChI is InChI=1S/C11H22N2/c1-13(2)11-7-6-10(8-11)12-9-4-3-5-9/h9-12H,3-8H2,1-2H3. The highest BCUT2D eigenvalue weighted by atomic mass is 15.1. The van der Waals surface area contributed by atoms with Crippen LogP contribution < -0.4 is 5.32 Å². The molecule has 2 unspecified atom stereocenters. The first kappa shape index (κ1) is 9.47. The van der Waals surface area contributed by atoms with E-state index < -0.39 is 0 Å². The van der Waals surface area contributed by atoms with Gasteiger partial charge in [-0.1, -0.05) is 6.42 Å². The summed E-state index contributed by atoms with van der Waals surface area (Å²) >= 11 is 0. The van der Waals surface area contributed by atoms with Crippen molar-refractivity contribution in [3.8, 4) is 0 Å². The molecule has 2 saturated carbocycles. The number of nitrogens with zero attached hydrogens (tertiary/aromatic N) is 1. The summed E-state index contributed by atoms with van der Waals surface area (Å²) in [6.45, 7) is 0. The molecule has 2 nitrogen and oxygen atoms in total. The molecule has 0 radical (unpaired) electrons. The Morgan fingerprint density at radius 1 is 1.00 bits per heavy atom. The van der Waals surface area contributed by atoms with Crippen molar-refractivity contribution in [2.45, 2.75) is 56.7 Å². The van der Waals surface area contributed by atoms with Gasteiger partial charge >= 0.3 is 0 Å². The molecule has 2 aliphatic rings. The fraction of sp³-hybridized carbons (Fsp3) is 1.00. The Balaban J connectivity index is 1.71. The van der Waals surface area contributed by atoms with Crippen LogP contribution in [0.25, 0.3) is 0 Å². The van der Waals surface area contributed by atoms with E-state index in [-0.39, 0.29) is 0 Å². The van der Waals surface area contributed by atoms with Crippen molar-refractivity contribution in [3.63, 3.8) is 0 Å². The smallest absolute Gasteiger partial charge is 0.0105 e. The third kappa shape index (κ3) is 2.23. The Morgan fingerprint density at radius 2 is 1.77 bits per heavy atom. The van der Waals surface area contributed by atoms with Crippen LogP contribution in [0.5, 0.6) is 0 Å². The Labute approximate surface area is 81.7 Å². The van der Waals surface area contributed by atoms with Gasteiger partial charge in [0.25, 0.3) is 0 Å². The molecule has 2 rings (SSSR count). The first-order valence-electron chi connectivity index (χ1n) is 5.68. The molecule has 2 heteroatoms. The molecule has 0 amide bonds. The van der Waals surface area contributed by atoms with Crippen molar-refractivity contribution in [1.82, 2.24) is 10.2 Å². The van der Waals surface area contributed by atoms with Crippen LogP contribution in [-0.4, -0.2) is 37.1 Å². The first-order valence-corrected chi connectivity index (χ1v) is 5.68. The molecule has 0 aliphatic heterocycles. The van der Waals surface area contributed by atoms with Crippen molar-refractivity contribution in [1.29, 1.82) is 0 Å². The maximum absolute atomic E-state index is 3.77. The monoisotopic (exact) mass is 182 g/mol. The molecule has 0 aromatic heterocycles. The zero-order chi connectivity index (χ0) is 9.26. The molecule has 13 heavy (non-hydrogen) atoms. The van der Waals surface area contributed by atoms with Gasteiger partial charge < -0.3 is 10.2 Å². The largest absolute Gasteiger partial charge is 0.311 e. The number of rotatable bonds is 3. The second-order valence-corrected chi connectivity index (χ2v) is 4.92. The highest BCUT2D eigenvalue weighted by molar-refractivity contribution is 4.88. The minimum absolute atomic E-state index is 0.817. The summed E-state index contributed by atoms with van der Waals surface area (Å²) in [5, 5.41) is 3.77. The molecular formula is C11H22N2. The van der Waals surface area contributed by atoms with E-state index in [1.807, 2.05) is 0 Å². The molecule has 0 aromatic carbocycles. The summed E-state index contributed by atoms with van der Waals surface area (Å²) < 4.78 is 0. The summed E-state index contributed by atoms with van der Waals surface area (Å²) in [6.07, 6.45) is 8.42. The minimum atomic E-state index is 0.817. The average Bonchev–Trinajstić information content (AvgIpc) is 2.44. The van der Waals surface area contributed by atoms with Gasteiger partial charge in [-0.05, 0) is 46.2 Å². The minimum Gasteiger partial charge on any atom is -0.311 e. The van der Waals surface area contributed by atoms with Crippen molar-refractivity contribution in [3.05, 3.63) is 0 Å². The molecule has 0 aromatic rings. The Hall–Kier alpha value is -0.0800. The van der Waals surface area contributed by atoms with E-state index in [2.05, 4.69) is 24.3 Å². The molecule has 0 saturated heterocycles. The number of hydrogen-bond acceptors (Lipinski definition) is 2. The molecule has 2 fully saturated rings. The van der Waals surface area contributed by atoms with Gasteiger partial charge in [0.05, 0.1) is 0 Å². The van der Waals surface area contributed by atoms with Crippen LogP contribution >= 0.6 is 0 Å². The highest BCUT2D eigenvalue weighted by Gasteiger charge is 2.28. The zero-order valence-corrected chi connectivity index (χ0v) is 8.92.